The highest BCUT2D eigenvalue weighted by atomic mass is 16.1. The van der Waals surface area contributed by atoms with Gasteiger partial charge in [-0.1, -0.05) is 6.07 Å². The van der Waals surface area contributed by atoms with Gasteiger partial charge in [0.05, 0.1) is 0 Å². The molecule has 0 saturated carbocycles. The SMILES string of the molecule is CC1CCC(NC(=O)c2cccc(N(C)C)c2)C(C)N1. The number of nitrogens with zero attached hydrogens (tertiary/aromatic N) is 1. The summed E-state index contributed by atoms with van der Waals surface area (Å²) in [5, 5.41) is 6.64. The van der Waals surface area contributed by atoms with Crippen molar-refractivity contribution in [2.45, 2.75) is 44.8 Å². The van der Waals surface area contributed by atoms with Crippen molar-refractivity contribution >= 4 is 11.6 Å². The Morgan fingerprint density at radius 1 is 1.30 bits per heavy atom. The van der Waals surface area contributed by atoms with Crippen LogP contribution in [-0.2, 0) is 0 Å². The third kappa shape index (κ3) is 3.51. The Bertz CT molecular complexity index is 473. The standard InChI is InChI=1S/C16H25N3O/c1-11-8-9-15(12(2)17-11)18-16(20)13-6-5-7-14(10-13)19(3)4/h5-7,10-12,15,17H,8-9H2,1-4H3,(H,18,20). The van der Waals surface area contributed by atoms with Gasteiger partial charge in [0.1, 0.15) is 0 Å². The fraction of sp³-hybridized carbons (Fsp3) is 0.562. The van der Waals surface area contributed by atoms with Gasteiger partial charge in [-0.25, -0.2) is 0 Å². The Morgan fingerprint density at radius 2 is 2.05 bits per heavy atom. The Labute approximate surface area is 121 Å². The molecule has 2 N–H and O–H groups in total. The predicted octanol–water partition coefficient (Wildman–Crippen LogP) is 2.01. The first kappa shape index (κ1) is 14.9. The second-order valence-corrected chi connectivity index (χ2v) is 5.96. The molecule has 3 atom stereocenters. The lowest BCUT2D eigenvalue weighted by atomic mass is 9.95. The summed E-state index contributed by atoms with van der Waals surface area (Å²) in [4.78, 5) is 14.4. The lowest BCUT2D eigenvalue weighted by Crippen LogP contribution is -2.54. The normalized spacial score (nSPS) is 26.1. The summed E-state index contributed by atoms with van der Waals surface area (Å²) in [5.41, 5.74) is 1.77. The van der Waals surface area contributed by atoms with E-state index in [-0.39, 0.29) is 11.9 Å². The molecular formula is C16H25N3O. The lowest BCUT2D eigenvalue weighted by molar-refractivity contribution is 0.0914. The van der Waals surface area contributed by atoms with Crippen molar-refractivity contribution < 1.29 is 4.79 Å². The minimum absolute atomic E-state index is 0.0157. The maximum absolute atomic E-state index is 12.4. The molecule has 1 aromatic carbocycles. The van der Waals surface area contributed by atoms with E-state index in [1.807, 2.05) is 43.3 Å². The van der Waals surface area contributed by atoms with Crippen molar-refractivity contribution in [3.05, 3.63) is 29.8 Å². The van der Waals surface area contributed by atoms with E-state index in [1.165, 1.54) is 0 Å². The van der Waals surface area contributed by atoms with Gasteiger partial charge < -0.3 is 15.5 Å². The van der Waals surface area contributed by atoms with E-state index in [0.29, 0.717) is 12.1 Å². The van der Waals surface area contributed by atoms with Gasteiger partial charge in [0, 0.05) is 43.5 Å². The van der Waals surface area contributed by atoms with Crippen molar-refractivity contribution in [3.8, 4) is 0 Å². The number of rotatable bonds is 3. The van der Waals surface area contributed by atoms with Crippen LogP contribution in [-0.4, -0.2) is 38.1 Å². The number of anilines is 1. The average molecular weight is 275 g/mol. The summed E-state index contributed by atoms with van der Waals surface area (Å²) >= 11 is 0. The van der Waals surface area contributed by atoms with E-state index in [4.69, 9.17) is 0 Å². The second-order valence-electron chi connectivity index (χ2n) is 5.96. The van der Waals surface area contributed by atoms with Gasteiger partial charge in [0.15, 0.2) is 0 Å². The van der Waals surface area contributed by atoms with Crippen LogP contribution in [0.2, 0.25) is 0 Å². The zero-order valence-corrected chi connectivity index (χ0v) is 12.8. The summed E-state index contributed by atoms with van der Waals surface area (Å²) in [6.07, 6.45) is 2.14. The van der Waals surface area contributed by atoms with E-state index in [0.717, 1.165) is 24.1 Å². The van der Waals surface area contributed by atoms with E-state index in [1.54, 1.807) is 0 Å². The van der Waals surface area contributed by atoms with E-state index >= 15 is 0 Å². The quantitative estimate of drug-likeness (QED) is 0.887. The fourth-order valence-electron chi connectivity index (χ4n) is 2.70. The fourth-order valence-corrected chi connectivity index (χ4v) is 2.70. The van der Waals surface area contributed by atoms with Gasteiger partial charge in [-0.3, -0.25) is 4.79 Å². The number of hydrogen-bond donors (Lipinski definition) is 2. The number of carbonyl (C=O) groups excluding carboxylic acids is 1. The van der Waals surface area contributed by atoms with Gasteiger partial charge in [-0.05, 0) is 44.9 Å². The van der Waals surface area contributed by atoms with E-state index in [9.17, 15) is 4.79 Å². The van der Waals surface area contributed by atoms with Gasteiger partial charge in [0.25, 0.3) is 5.91 Å². The van der Waals surface area contributed by atoms with Gasteiger partial charge >= 0.3 is 0 Å². The molecule has 0 radical (unpaired) electrons. The molecule has 1 fully saturated rings. The highest BCUT2D eigenvalue weighted by Gasteiger charge is 2.26. The van der Waals surface area contributed by atoms with Crippen LogP contribution >= 0.6 is 0 Å². The number of nitrogens with one attached hydrogen (secondary N) is 2. The Kier molecular flexibility index (Phi) is 4.65. The molecule has 0 aliphatic carbocycles. The van der Waals surface area contributed by atoms with Crippen LogP contribution in [0.1, 0.15) is 37.0 Å². The Balaban J connectivity index is 2.03. The molecule has 20 heavy (non-hydrogen) atoms. The molecule has 4 heteroatoms. The molecule has 3 unspecified atom stereocenters. The van der Waals surface area contributed by atoms with Crippen molar-refractivity contribution in [1.29, 1.82) is 0 Å². The molecule has 4 nitrogen and oxygen atoms in total. The van der Waals surface area contributed by atoms with E-state index in [2.05, 4.69) is 24.5 Å². The summed E-state index contributed by atoms with van der Waals surface area (Å²) < 4.78 is 0. The molecule has 2 rings (SSSR count). The van der Waals surface area contributed by atoms with Crippen molar-refractivity contribution in [2.75, 3.05) is 19.0 Å². The zero-order chi connectivity index (χ0) is 14.7. The molecule has 1 saturated heterocycles. The smallest absolute Gasteiger partial charge is 0.251 e. The zero-order valence-electron chi connectivity index (χ0n) is 12.8. The van der Waals surface area contributed by atoms with E-state index < -0.39 is 0 Å². The van der Waals surface area contributed by atoms with Gasteiger partial charge in [-0.15, -0.1) is 0 Å². The number of hydrogen-bond acceptors (Lipinski definition) is 3. The molecule has 0 aromatic heterocycles. The topological polar surface area (TPSA) is 44.4 Å². The first-order chi connectivity index (χ1) is 9.47. The van der Waals surface area contributed by atoms with Crippen LogP contribution in [0.25, 0.3) is 0 Å². The van der Waals surface area contributed by atoms with Gasteiger partial charge in [-0.2, -0.15) is 0 Å². The Morgan fingerprint density at radius 3 is 2.70 bits per heavy atom. The first-order valence-corrected chi connectivity index (χ1v) is 7.31. The summed E-state index contributed by atoms with van der Waals surface area (Å²) in [6.45, 7) is 4.33. The molecule has 1 heterocycles. The summed E-state index contributed by atoms with van der Waals surface area (Å²) in [7, 11) is 3.96. The van der Waals surface area contributed by atoms with Crippen molar-refractivity contribution in [1.82, 2.24) is 10.6 Å². The molecule has 1 aliphatic heterocycles. The molecule has 0 bridgehead atoms. The van der Waals surface area contributed by atoms with Crippen LogP contribution in [0.5, 0.6) is 0 Å². The predicted molar refractivity (Wildman–Crippen MR) is 83.3 cm³/mol. The summed E-state index contributed by atoms with van der Waals surface area (Å²) in [5.74, 6) is 0.0157. The average Bonchev–Trinajstić information content (AvgIpc) is 2.42. The number of piperidine rings is 1. The third-order valence-electron chi connectivity index (χ3n) is 4.00. The van der Waals surface area contributed by atoms with Crippen LogP contribution in [0.15, 0.2) is 24.3 Å². The van der Waals surface area contributed by atoms with Crippen molar-refractivity contribution in [2.24, 2.45) is 0 Å². The number of carbonyl (C=O) groups is 1. The third-order valence-corrected chi connectivity index (χ3v) is 4.00. The summed E-state index contributed by atoms with van der Waals surface area (Å²) in [6, 6.07) is 8.79. The lowest BCUT2D eigenvalue weighted by Gasteiger charge is -2.34. The maximum atomic E-state index is 12.4. The molecule has 0 spiro atoms. The van der Waals surface area contributed by atoms with Gasteiger partial charge in [0.2, 0.25) is 0 Å². The van der Waals surface area contributed by atoms with Crippen LogP contribution < -0.4 is 15.5 Å². The monoisotopic (exact) mass is 275 g/mol. The first-order valence-electron chi connectivity index (χ1n) is 7.31. The molecule has 110 valence electrons. The molecule has 1 aromatic rings. The van der Waals surface area contributed by atoms with Crippen LogP contribution in [0.4, 0.5) is 5.69 Å². The molecule has 1 aliphatic rings. The van der Waals surface area contributed by atoms with Crippen LogP contribution in [0.3, 0.4) is 0 Å². The Hall–Kier alpha value is -1.55. The largest absolute Gasteiger partial charge is 0.378 e. The number of amides is 1. The second kappa shape index (κ2) is 6.27. The minimum Gasteiger partial charge on any atom is -0.378 e. The van der Waals surface area contributed by atoms with Crippen molar-refractivity contribution in [3.63, 3.8) is 0 Å². The molecule has 1 amide bonds. The maximum Gasteiger partial charge on any atom is 0.251 e. The highest BCUT2D eigenvalue weighted by Crippen LogP contribution is 2.16. The highest BCUT2D eigenvalue weighted by molar-refractivity contribution is 5.95. The number of benzene rings is 1. The molecular weight excluding hydrogens is 250 g/mol. The minimum atomic E-state index is 0.0157. The van der Waals surface area contributed by atoms with Crippen LogP contribution in [0, 0.1) is 0 Å².